The molecule has 1 N–H and O–H groups in total. The summed E-state index contributed by atoms with van der Waals surface area (Å²) in [6.07, 6.45) is 1.59. The summed E-state index contributed by atoms with van der Waals surface area (Å²) < 4.78 is 0. The lowest BCUT2D eigenvalue weighted by atomic mass is 9.88. The van der Waals surface area contributed by atoms with Gasteiger partial charge in [0.2, 0.25) is 5.91 Å². The Labute approximate surface area is 119 Å². The van der Waals surface area contributed by atoms with Gasteiger partial charge in [0, 0.05) is 19.0 Å². The fourth-order valence-electron chi connectivity index (χ4n) is 2.88. The number of hydrogen-bond donors (Lipinski definition) is 1. The van der Waals surface area contributed by atoms with E-state index in [2.05, 4.69) is 0 Å². The van der Waals surface area contributed by atoms with E-state index >= 15 is 0 Å². The summed E-state index contributed by atoms with van der Waals surface area (Å²) in [4.78, 5) is 25.6. The van der Waals surface area contributed by atoms with Crippen molar-refractivity contribution >= 4 is 11.9 Å². The number of fused-ring (bicyclic) bond motifs is 1. The van der Waals surface area contributed by atoms with E-state index in [1.807, 2.05) is 38.1 Å². The largest absolute Gasteiger partial charge is 0.481 e. The van der Waals surface area contributed by atoms with Crippen LogP contribution in [0.3, 0.4) is 0 Å². The van der Waals surface area contributed by atoms with Crippen LogP contribution >= 0.6 is 0 Å². The van der Waals surface area contributed by atoms with Gasteiger partial charge in [0.15, 0.2) is 0 Å². The first kappa shape index (κ1) is 14.6. The number of carboxylic acid groups (broad SMARTS) is 1. The number of nitrogens with zero attached hydrogens (tertiary/aromatic N) is 1. The number of aliphatic carboxylic acids is 1. The van der Waals surface area contributed by atoms with Crippen LogP contribution in [0.4, 0.5) is 0 Å². The lowest BCUT2D eigenvalue weighted by Gasteiger charge is -2.34. The van der Waals surface area contributed by atoms with E-state index in [1.165, 1.54) is 0 Å². The van der Waals surface area contributed by atoms with Crippen molar-refractivity contribution in [2.24, 2.45) is 5.92 Å². The lowest BCUT2D eigenvalue weighted by molar-refractivity contribution is -0.142. The molecule has 1 amide bonds. The molecule has 1 heterocycles. The standard InChI is InChI=1S/C16H21NO3/c1-3-11(4-2)15(18)17-9-12-7-5-6-8-13(12)14(10-17)16(19)20/h5-8,11,14H,3-4,9-10H2,1-2H3,(H,19,20). The molecule has 0 saturated carbocycles. The van der Waals surface area contributed by atoms with Crippen LogP contribution in [0, 0.1) is 5.92 Å². The Bertz CT molecular complexity index is 508. The fourth-order valence-corrected chi connectivity index (χ4v) is 2.88. The molecule has 20 heavy (non-hydrogen) atoms. The average molecular weight is 275 g/mol. The van der Waals surface area contributed by atoms with Gasteiger partial charge in [-0.1, -0.05) is 38.1 Å². The Hall–Kier alpha value is -1.84. The third-order valence-electron chi connectivity index (χ3n) is 4.14. The van der Waals surface area contributed by atoms with E-state index in [1.54, 1.807) is 4.90 Å². The topological polar surface area (TPSA) is 57.6 Å². The van der Waals surface area contributed by atoms with Gasteiger partial charge in [-0.25, -0.2) is 0 Å². The smallest absolute Gasteiger partial charge is 0.312 e. The third-order valence-corrected chi connectivity index (χ3v) is 4.14. The summed E-state index contributed by atoms with van der Waals surface area (Å²) in [6, 6.07) is 7.51. The molecular formula is C16H21NO3. The zero-order valence-electron chi connectivity index (χ0n) is 12.0. The summed E-state index contributed by atoms with van der Waals surface area (Å²) in [5.41, 5.74) is 1.79. The maximum atomic E-state index is 12.5. The maximum Gasteiger partial charge on any atom is 0.312 e. The minimum atomic E-state index is -0.862. The highest BCUT2D eigenvalue weighted by atomic mass is 16.4. The summed E-state index contributed by atoms with van der Waals surface area (Å²) in [7, 11) is 0. The van der Waals surface area contributed by atoms with Crippen LogP contribution in [-0.2, 0) is 16.1 Å². The van der Waals surface area contributed by atoms with Gasteiger partial charge in [-0.15, -0.1) is 0 Å². The minimum absolute atomic E-state index is 0.00490. The van der Waals surface area contributed by atoms with E-state index in [-0.39, 0.29) is 18.4 Å². The molecule has 2 rings (SSSR count). The van der Waals surface area contributed by atoms with Crippen molar-refractivity contribution in [3.05, 3.63) is 35.4 Å². The second-order valence-corrected chi connectivity index (χ2v) is 5.32. The van der Waals surface area contributed by atoms with E-state index in [4.69, 9.17) is 0 Å². The van der Waals surface area contributed by atoms with Crippen molar-refractivity contribution in [3.8, 4) is 0 Å². The van der Waals surface area contributed by atoms with Crippen LogP contribution in [0.2, 0.25) is 0 Å². The van der Waals surface area contributed by atoms with Gasteiger partial charge in [-0.2, -0.15) is 0 Å². The van der Waals surface area contributed by atoms with Gasteiger partial charge in [0.25, 0.3) is 0 Å². The molecule has 0 fully saturated rings. The van der Waals surface area contributed by atoms with Crippen LogP contribution < -0.4 is 0 Å². The zero-order valence-corrected chi connectivity index (χ0v) is 12.0. The van der Waals surface area contributed by atoms with Crippen LogP contribution in [0.1, 0.15) is 43.7 Å². The van der Waals surface area contributed by atoms with Crippen molar-refractivity contribution in [1.82, 2.24) is 4.90 Å². The number of hydrogen-bond acceptors (Lipinski definition) is 2. The number of carboxylic acids is 1. The van der Waals surface area contributed by atoms with Crippen molar-refractivity contribution in [2.75, 3.05) is 6.54 Å². The molecule has 1 atom stereocenters. The molecule has 0 aliphatic carbocycles. The highest BCUT2D eigenvalue weighted by molar-refractivity contribution is 5.82. The molecule has 0 bridgehead atoms. The molecule has 1 aromatic carbocycles. The van der Waals surface area contributed by atoms with Gasteiger partial charge in [-0.3, -0.25) is 9.59 Å². The molecule has 1 aliphatic rings. The Kier molecular flexibility index (Phi) is 4.42. The Balaban J connectivity index is 2.28. The monoisotopic (exact) mass is 275 g/mol. The Morgan fingerprint density at radius 2 is 1.95 bits per heavy atom. The molecule has 0 spiro atoms. The predicted molar refractivity (Wildman–Crippen MR) is 76.3 cm³/mol. The van der Waals surface area contributed by atoms with Crippen molar-refractivity contribution in [2.45, 2.75) is 39.2 Å². The first-order chi connectivity index (χ1) is 9.58. The predicted octanol–water partition coefficient (Wildman–Crippen LogP) is 2.63. The molecule has 0 saturated heterocycles. The number of carbonyl (C=O) groups is 2. The first-order valence-electron chi connectivity index (χ1n) is 7.17. The van der Waals surface area contributed by atoms with Crippen LogP contribution in [-0.4, -0.2) is 28.4 Å². The average Bonchev–Trinajstić information content (AvgIpc) is 2.47. The molecule has 1 aromatic rings. The quantitative estimate of drug-likeness (QED) is 0.919. The van der Waals surface area contributed by atoms with Crippen LogP contribution in [0.15, 0.2) is 24.3 Å². The normalized spacial score (nSPS) is 17.9. The zero-order chi connectivity index (χ0) is 14.7. The molecular weight excluding hydrogens is 254 g/mol. The summed E-state index contributed by atoms with van der Waals surface area (Å²) >= 11 is 0. The molecule has 0 aromatic heterocycles. The molecule has 108 valence electrons. The second-order valence-electron chi connectivity index (χ2n) is 5.32. The molecule has 4 heteroatoms. The molecule has 1 unspecified atom stereocenters. The van der Waals surface area contributed by atoms with Crippen molar-refractivity contribution < 1.29 is 14.7 Å². The Morgan fingerprint density at radius 1 is 1.30 bits per heavy atom. The fraction of sp³-hybridized carbons (Fsp3) is 0.500. The number of rotatable bonds is 4. The van der Waals surface area contributed by atoms with Crippen LogP contribution in [0.25, 0.3) is 0 Å². The number of amides is 1. The lowest BCUT2D eigenvalue weighted by Crippen LogP contribution is -2.43. The molecule has 0 radical (unpaired) electrons. The van der Waals surface area contributed by atoms with Crippen LogP contribution in [0.5, 0.6) is 0 Å². The van der Waals surface area contributed by atoms with E-state index in [0.717, 1.165) is 24.0 Å². The highest BCUT2D eigenvalue weighted by Crippen LogP contribution is 2.30. The first-order valence-corrected chi connectivity index (χ1v) is 7.17. The van der Waals surface area contributed by atoms with Gasteiger partial charge in [0.1, 0.15) is 0 Å². The van der Waals surface area contributed by atoms with E-state index < -0.39 is 11.9 Å². The summed E-state index contributed by atoms with van der Waals surface area (Å²) in [6.45, 7) is 4.80. The SMILES string of the molecule is CCC(CC)C(=O)N1Cc2ccccc2C(C(=O)O)C1. The maximum absolute atomic E-state index is 12.5. The second kappa shape index (κ2) is 6.07. The number of benzene rings is 1. The van der Waals surface area contributed by atoms with Gasteiger partial charge in [0.05, 0.1) is 5.92 Å². The molecule has 4 nitrogen and oxygen atoms in total. The highest BCUT2D eigenvalue weighted by Gasteiger charge is 2.33. The third kappa shape index (κ3) is 2.69. The van der Waals surface area contributed by atoms with E-state index in [9.17, 15) is 14.7 Å². The van der Waals surface area contributed by atoms with Gasteiger partial charge < -0.3 is 10.0 Å². The summed E-state index contributed by atoms with van der Waals surface area (Å²) in [5.74, 6) is -1.40. The van der Waals surface area contributed by atoms with E-state index in [0.29, 0.717) is 6.54 Å². The van der Waals surface area contributed by atoms with Crippen molar-refractivity contribution in [3.63, 3.8) is 0 Å². The number of carbonyl (C=O) groups excluding carboxylic acids is 1. The minimum Gasteiger partial charge on any atom is -0.481 e. The summed E-state index contributed by atoms with van der Waals surface area (Å²) in [5, 5.41) is 9.40. The Morgan fingerprint density at radius 3 is 2.55 bits per heavy atom. The molecule has 1 aliphatic heterocycles. The van der Waals surface area contributed by atoms with Gasteiger partial charge in [-0.05, 0) is 24.0 Å². The van der Waals surface area contributed by atoms with Gasteiger partial charge >= 0.3 is 5.97 Å². The van der Waals surface area contributed by atoms with Crippen molar-refractivity contribution in [1.29, 1.82) is 0 Å².